The van der Waals surface area contributed by atoms with Gasteiger partial charge in [-0.25, -0.2) is 9.37 Å². The molecule has 3 heterocycles. The van der Waals surface area contributed by atoms with E-state index in [2.05, 4.69) is 20.4 Å². The lowest BCUT2D eigenvalue weighted by Gasteiger charge is -2.09. The molecule has 3 aromatic heterocycles. The number of benzene rings is 2. The third kappa shape index (κ3) is 4.05. The van der Waals surface area contributed by atoms with Gasteiger partial charge in [-0.15, -0.1) is 0 Å². The minimum Gasteiger partial charge on any atom is -0.350 e. The summed E-state index contributed by atoms with van der Waals surface area (Å²) in [4.78, 5) is 34.7. The van der Waals surface area contributed by atoms with E-state index in [1.165, 1.54) is 23.0 Å². The Morgan fingerprint density at radius 1 is 1.15 bits per heavy atom. The second-order valence-corrected chi connectivity index (χ2v) is 8.12. The first kappa shape index (κ1) is 21.5. The smallest absolute Gasteiger partial charge is 0.278 e. The van der Waals surface area contributed by atoms with Gasteiger partial charge in [0.2, 0.25) is 11.8 Å². The molecule has 0 saturated heterocycles. The number of carbonyl (C=O) groups excluding carboxylic acids is 1. The molecule has 34 heavy (non-hydrogen) atoms. The number of halogens is 1. The minimum absolute atomic E-state index is 0.0259. The van der Waals surface area contributed by atoms with Crippen molar-refractivity contribution in [3.05, 3.63) is 87.8 Å². The van der Waals surface area contributed by atoms with Crippen molar-refractivity contribution >= 4 is 27.8 Å². The van der Waals surface area contributed by atoms with Crippen LogP contribution in [-0.4, -0.2) is 30.2 Å². The van der Waals surface area contributed by atoms with Gasteiger partial charge in [0.25, 0.3) is 5.56 Å². The molecule has 5 rings (SSSR count). The number of fused-ring (bicyclic) bond motifs is 3. The molecule has 0 spiro atoms. The topological polar surface area (TPSA) is 108 Å². The average molecular weight is 460 g/mol. The van der Waals surface area contributed by atoms with E-state index in [1.54, 1.807) is 17.6 Å². The molecule has 9 nitrogen and oxygen atoms in total. The number of carbonyl (C=O) groups is 1. The van der Waals surface area contributed by atoms with E-state index in [0.717, 1.165) is 11.1 Å². The summed E-state index contributed by atoms with van der Waals surface area (Å²) in [5.41, 5.74) is 2.75. The Morgan fingerprint density at radius 3 is 2.68 bits per heavy atom. The van der Waals surface area contributed by atoms with Crippen LogP contribution >= 0.6 is 0 Å². The normalized spacial score (nSPS) is 11.4. The number of aromatic nitrogens is 5. The van der Waals surface area contributed by atoms with Crippen LogP contribution in [0.5, 0.6) is 0 Å². The molecule has 2 aromatic carbocycles. The van der Waals surface area contributed by atoms with Crippen LogP contribution in [0.4, 0.5) is 4.39 Å². The van der Waals surface area contributed by atoms with Crippen LogP contribution in [0.2, 0.25) is 0 Å². The Labute approximate surface area is 192 Å². The van der Waals surface area contributed by atoms with Gasteiger partial charge in [-0.1, -0.05) is 35.0 Å². The Balaban J connectivity index is 1.52. The van der Waals surface area contributed by atoms with Gasteiger partial charge < -0.3 is 14.4 Å². The zero-order chi connectivity index (χ0) is 23.8. The van der Waals surface area contributed by atoms with Crippen molar-refractivity contribution in [2.24, 2.45) is 0 Å². The Hall–Kier alpha value is -4.34. The quantitative estimate of drug-likeness (QED) is 0.418. The molecule has 0 bridgehead atoms. The first-order chi connectivity index (χ1) is 16.4. The van der Waals surface area contributed by atoms with Crippen molar-refractivity contribution < 1.29 is 13.7 Å². The summed E-state index contributed by atoms with van der Waals surface area (Å²) in [6, 6.07) is 12.0. The predicted octanol–water partition coefficient (Wildman–Crippen LogP) is 2.85. The molecule has 1 amide bonds. The van der Waals surface area contributed by atoms with E-state index in [1.807, 2.05) is 31.2 Å². The molecule has 10 heteroatoms. The lowest BCUT2D eigenvalue weighted by molar-refractivity contribution is -0.121. The van der Waals surface area contributed by atoms with Gasteiger partial charge in [-0.3, -0.25) is 14.2 Å². The van der Waals surface area contributed by atoms with Gasteiger partial charge in [0.15, 0.2) is 5.82 Å². The molecule has 0 fully saturated rings. The number of hydrogen-bond donors (Lipinski definition) is 1. The average Bonchev–Trinajstić information content (AvgIpc) is 3.36. The number of nitrogens with one attached hydrogen (secondary N) is 1. The molecule has 0 aliphatic heterocycles. The third-order valence-corrected chi connectivity index (χ3v) is 5.58. The molecule has 0 saturated carbocycles. The summed E-state index contributed by atoms with van der Waals surface area (Å²) in [6.07, 6.45) is 1.36. The van der Waals surface area contributed by atoms with Crippen molar-refractivity contribution in [3.63, 3.8) is 0 Å². The lowest BCUT2D eigenvalue weighted by atomic mass is 10.1. The zero-order valence-corrected chi connectivity index (χ0v) is 18.6. The van der Waals surface area contributed by atoms with Gasteiger partial charge in [-0.2, -0.15) is 4.98 Å². The van der Waals surface area contributed by atoms with Crippen LogP contribution in [0.15, 0.2) is 58.1 Å². The van der Waals surface area contributed by atoms with Crippen LogP contribution < -0.4 is 10.9 Å². The highest BCUT2D eigenvalue weighted by Crippen LogP contribution is 2.26. The number of aryl methyl sites for hydroxylation is 2. The molecule has 0 unspecified atom stereocenters. The summed E-state index contributed by atoms with van der Waals surface area (Å²) >= 11 is 0. The van der Waals surface area contributed by atoms with E-state index in [9.17, 15) is 14.0 Å². The predicted molar refractivity (Wildman–Crippen MR) is 123 cm³/mol. The van der Waals surface area contributed by atoms with Crippen LogP contribution in [0.1, 0.15) is 22.8 Å². The van der Waals surface area contributed by atoms with E-state index in [0.29, 0.717) is 28.8 Å². The number of rotatable bonds is 6. The molecule has 0 atom stereocenters. The van der Waals surface area contributed by atoms with E-state index < -0.39 is 11.4 Å². The maximum Gasteiger partial charge on any atom is 0.278 e. The molecule has 5 aromatic rings. The molecule has 0 radical (unpaired) electrons. The fourth-order valence-electron chi connectivity index (χ4n) is 3.91. The summed E-state index contributed by atoms with van der Waals surface area (Å²) in [6.45, 7) is 3.92. The van der Waals surface area contributed by atoms with Gasteiger partial charge in [0, 0.05) is 11.9 Å². The molecule has 1 N–H and O–H groups in total. The molecular weight excluding hydrogens is 439 g/mol. The summed E-state index contributed by atoms with van der Waals surface area (Å²) in [5, 5.41) is 7.07. The highest BCUT2D eigenvalue weighted by atomic mass is 19.1. The van der Waals surface area contributed by atoms with Crippen LogP contribution in [-0.2, 0) is 24.4 Å². The zero-order valence-electron chi connectivity index (χ0n) is 18.6. The molecular formula is C24H21FN6O3. The summed E-state index contributed by atoms with van der Waals surface area (Å²) in [7, 11) is 0. The van der Waals surface area contributed by atoms with Crippen molar-refractivity contribution in [2.45, 2.75) is 33.5 Å². The SMILES string of the molecule is Cc1ccc(CNC(=O)Cn2c3ccc(F)cc3c3ncn(Cc4nc(C)no4)c(=O)c32)cc1. The van der Waals surface area contributed by atoms with Crippen molar-refractivity contribution in [2.75, 3.05) is 0 Å². The minimum atomic E-state index is -0.456. The van der Waals surface area contributed by atoms with E-state index in [-0.39, 0.29) is 30.4 Å². The summed E-state index contributed by atoms with van der Waals surface area (Å²) in [5.74, 6) is -0.0362. The number of hydrogen-bond acceptors (Lipinski definition) is 6. The first-order valence-electron chi connectivity index (χ1n) is 10.7. The van der Waals surface area contributed by atoms with Crippen LogP contribution in [0.3, 0.4) is 0 Å². The van der Waals surface area contributed by atoms with Crippen LogP contribution in [0.25, 0.3) is 21.9 Å². The largest absolute Gasteiger partial charge is 0.350 e. The standard InChI is InChI=1S/C24H21FN6O3/c1-14-3-5-16(6-4-14)10-26-20(32)11-31-19-8-7-17(25)9-18(19)22-23(31)24(33)30(13-27-22)12-21-28-15(2)29-34-21/h3-9,13H,10-12H2,1-2H3,(H,26,32). The molecule has 0 aliphatic rings. The Morgan fingerprint density at radius 2 is 1.94 bits per heavy atom. The van der Waals surface area contributed by atoms with Crippen molar-refractivity contribution in [1.29, 1.82) is 0 Å². The van der Waals surface area contributed by atoms with Gasteiger partial charge in [0.05, 0.1) is 11.8 Å². The van der Waals surface area contributed by atoms with E-state index in [4.69, 9.17) is 4.52 Å². The molecule has 172 valence electrons. The third-order valence-electron chi connectivity index (χ3n) is 5.58. The Kier molecular flexibility index (Phi) is 5.40. The summed E-state index contributed by atoms with van der Waals surface area (Å²) < 4.78 is 22.0. The van der Waals surface area contributed by atoms with Gasteiger partial charge in [-0.05, 0) is 37.6 Å². The number of amides is 1. The maximum atomic E-state index is 14.0. The van der Waals surface area contributed by atoms with Crippen molar-refractivity contribution in [1.82, 2.24) is 29.6 Å². The van der Waals surface area contributed by atoms with Crippen molar-refractivity contribution in [3.8, 4) is 0 Å². The highest BCUT2D eigenvalue weighted by molar-refractivity contribution is 6.06. The van der Waals surface area contributed by atoms with Crippen LogP contribution in [0, 0.1) is 19.7 Å². The highest BCUT2D eigenvalue weighted by Gasteiger charge is 2.19. The Bertz CT molecular complexity index is 1580. The first-order valence-corrected chi connectivity index (χ1v) is 10.7. The number of nitrogens with zero attached hydrogens (tertiary/aromatic N) is 5. The maximum absolute atomic E-state index is 14.0. The van der Waals surface area contributed by atoms with E-state index >= 15 is 0 Å². The fraction of sp³-hybridized carbons (Fsp3) is 0.208. The lowest BCUT2D eigenvalue weighted by Crippen LogP contribution is -2.29. The van der Waals surface area contributed by atoms with Gasteiger partial charge in [0.1, 0.15) is 29.9 Å². The monoisotopic (exact) mass is 460 g/mol. The van der Waals surface area contributed by atoms with Gasteiger partial charge >= 0.3 is 0 Å². The second-order valence-electron chi connectivity index (χ2n) is 8.12. The molecule has 0 aliphatic carbocycles. The second kappa shape index (κ2) is 8.54. The fourth-order valence-corrected chi connectivity index (χ4v) is 3.91.